The zero-order valence-electron chi connectivity index (χ0n) is 12.6. The molecule has 2 rings (SSSR count). The van der Waals surface area contributed by atoms with Gasteiger partial charge in [0.25, 0.3) is 0 Å². The molecule has 3 heteroatoms. The maximum atomic E-state index is 3.53. The highest BCUT2D eigenvalue weighted by atomic mass is 32.1. The third-order valence-corrected chi connectivity index (χ3v) is 4.44. The minimum atomic E-state index is 0.976. The summed E-state index contributed by atoms with van der Waals surface area (Å²) >= 11 is 1.87. The van der Waals surface area contributed by atoms with E-state index in [0.717, 1.165) is 26.2 Å². The van der Waals surface area contributed by atoms with Crippen molar-refractivity contribution in [2.75, 3.05) is 24.5 Å². The van der Waals surface area contributed by atoms with Gasteiger partial charge in [-0.25, -0.2) is 0 Å². The van der Waals surface area contributed by atoms with Gasteiger partial charge in [-0.3, -0.25) is 0 Å². The Bertz CT molecular complexity index is 516. The highest BCUT2D eigenvalue weighted by Crippen LogP contribution is 2.15. The molecule has 1 aromatic heterocycles. The number of aryl methyl sites for hydroxylation is 2. The van der Waals surface area contributed by atoms with Gasteiger partial charge >= 0.3 is 0 Å². The monoisotopic (exact) mass is 288 g/mol. The third kappa shape index (κ3) is 4.36. The second-order valence-electron chi connectivity index (χ2n) is 5.10. The molecule has 0 radical (unpaired) electrons. The molecule has 0 saturated heterocycles. The van der Waals surface area contributed by atoms with Crippen LogP contribution in [0.4, 0.5) is 5.69 Å². The normalized spacial score (nSPS) is 10.8. The maximum Gasteiger partial charge on any atom is 0.0366 e. The number of thiophene rings is 1. The van der Waals surface area contributed by atoms with Gasteiger partial charge in [-0.05, 0) is 45.0 Å². The van der Waals surface area contributed by atoms with Gasteiger partial charge in [0.2, 0.25) is 0 Å². The van der Waals surface area contributed by atoms with Gasteiger partial charge in [-0.2, -0.15) is 0 Å². The molecule has 0 aliphatic carbocycles. The fourth-order valence-corrected chi connectivity index (χ4v) is 3.09. The van der Waals surface area contributed by atoms with Crippen molar-refractivity contribution in [3.8, 4) is 0 Å². The Balaban J connectivity index is 1.77. The lowest BCUT2D eigenvalue weighted by Gasteiger charge is -2.23. The fraction of sp³-hybridized carbons (Fsp3) is 0.412. The molecule has 0 amide bonds. The first kappa shape index (κ1) is 15.1. The molecule has 20 heavy (non-hydrogen) atoms. The number of likely N-dealkylation sites (N-methyl/N-ethyl adjacent to an activating group) is 1. The van der Waals surface area contributed by atoms with Crippen LogP contribution >= 0.6 is 11.3 Å². The first-order valence-corrected chi connectivity index (χ1v) is 8.08. The van der Waals surface area contributed by atoms with E-state index in [1.54, 1.807) is 0 Å². The van der Waals surface area contributed by atoms with E-state index in [4.69, 9.17) is 0 Å². The quantitative estimate of drug-likeness (QED) is 0.775. The molecule has 108 valence electrons. The van der Waals surface area contributed by atoms with Crippen LogP contribution in [-0.4, -0.2) is 19.6 Å². The van der Waals surface area contributed by atoms with Crippen molar-refractivity contribution < 1.29 is 0 Å². The molecule has 0 atom stereocenters. The smallest absolute Gasteiger partial charge is 0.0366 e. The van der Waals surface area contributed by atoms with Crippen LogP contribution in [-0.2, 0) is 6.54 Å². The molecule has 0 unspecified atom stereocenters. The van der Waals surface area contributed by atoms with Crippen LogP contribution in [0.25, 0.3) is 0 Å². The number of nitrogens with zero attached hydrogens (tertiary/aromatic N) is 1. The Kier molecular flexibility index (Phi) is 5.62. The van der Waals surface area contributed by atoms with Gasteiger partial charge in [-0.1, -0.05) is 17.7 Å². The van der Waals surface area contributed by atoms with Crippen LogP contribution in [0.1, 0.15) is 22.2 Å². The number of hydrogen-bond acceptors (Lipinski definition) is 3. The molecule has 2 nitrogen and oxygen atoms in total. The van der Waals surface area contributed by atoms with Gasteiger partial charge in [-0.15, -0.1) is 11.3 Å². The Labute approximate surface area is 126 Å². The Morgan fingerprint density at radius 2 is 1.80 bits per heavy atom. The summed E-state index contributed by atoms with van der Waals surface area (Å²) in [5.74, 6) is 0. The van der Waals surface area contributed by atoms with E-state index < -0.39 is 0 Å². The number of rotatable bonds is 7. The van der Waals surface area contributed by atoms with Crippen molar-refractivity contribution in [1.29, 1.82) is 0 Å². The Morgan fingerprint density at radius 1 is 1.05 bits per heavy atom. The molecule has 0 saturated carbocycles. The number of nitrogens with one attached hydrogen (secondary N) is 1. The van der Waals surface area contributed by atoms with E-state index in [1.807, 2.05) is 11.3 Å². The first-order valence-electron chi connectivity index (χ1n) is 7.26. The van der Waals surface area contributed by atoms with Gasteiger partial charge in [0.1, 0.15) is 0 Å². The second-order valence-corrected chi connectivity index (χ2v) is 6.48. The zero-order chi connectivity index (χ0) is 14.4. The zero-order valence-corrected chi connectivity index (χ0v) is 13.5. The molecule has 0 aliphatic heterocycles. The number of anilines is 1. The standard InChI is InChI=1S/C17H24N2S/c1-4-19(16-8-5-14(2)6-9-16)12-11-18-13-17-10-7-15(3)20-17/h5-10,18H,4,11-13H2,1-3H3. The molecule has 1 heterocycles. The van der Waals surface area contributed by atoms with E-state index in [9.17, 15) is 0 Å². The molecule has 0 aliphatic rings. The molecule has 1 N–H and O–H groups in total. The first-order chi connectivity index (χ1) is 9.69. The van der Waals surface area contributed by atoms with Gasteiger partial charge in [0.05, 0.1) is 0 Å². The summed E-state index contributed by atoms with van der Waals surface area (Å²) in [6.45, 7) is 10.6. The van der Waals surface area contributed by atoms with Gasteiger partial charge in [0, 0.05) is 41.6 Å². The lowest BCUT2D eigenvalue weighted by atomic mass is 10.2. The van der Waals surface area contributed by atoms with E-state index in [1.165, 1.54) is 21.0 Å². The number of hydrogen-bond donors (Lipinski definition) is 1. The van der Waals surface area contributed by atoms with Crippen LogP contribution in [0.15, 0.2) is 36.4 Å². The summed E-state index contributed by atoms with van der Waals surface area (Å²) < 4.78 is 0. The van der Waals surface area contributed by atoms with Crippen molar-refractivity contribution in [2.45, 2.75) is 27.3 Å². The van der Waals surface area contributed by atoms with E-state index in [2.05, 4.69) is 67.4 Å². The van der Waals surface area contributed by atoms with Crippen LogP contribution in [0, 0.1) is 13.8 Å². The van der Waals surface area contributed by atoms with Crippen LogP contribution in [0.3, 0.4) is 0 Å². The lowest BCUT2D eigenvalue weighted by Crippen LogP contribution is -2.31. The van der Waals surface area contributed by atoms with Crippen molar-refractivity contribution in [3.63, 3.8) is 0 Å². The Hall–Kier alpha value is -1.32. The molecule has 0 bridgehead atoms. The molecular formula is C17H24N2S. The minimum Gasteiger partial charge on any atom is -0.371 e. The summed E-state index contributed by atoms with van der Waals surface area (Å²) in [5.41, 5.74) is 2.63. The second kappa shape index (κ2) is 7.46. The van der Waals surface area contributed by atoms with E-state index in [0.29, 0.717) is 0 Å². The maximum absolute atomic E-state index is 3.53. The summed E-state index contributed by atoms with van der Waals surface area (Å²) in [6, 6.07) is 13.2. The Morgan fingerprint density at radius 3 is 2.40 bits per heavy atom. The summed E-state index contributed by atoms with van der Waals surface area (Å²) in [6.07, 6.45) is 0. The van der Waals surface area contributed by atoms with Crippen molar-refractivity contribution in [2.24, 2.45) is 0 Å². The van der Waals surface area contributed by atoms with Crippen molar-refractivity contribution in [3.05, 3.63) is 51.7 Å². The lowest BCUT2D eigenvalue weighted by molar-refractivity contribution is 0.670. The predicted molar refractivity (Wildman–Crippen MR) is 89.8 cm³/mol. The SMILES string of the molecule is CCN(CCNCc1ccc(C)s1)c1ccc(C)cc1. The van der Waals surface area contributed by atoms with E-state index in [-0.39, 0.29) is 0 Å². The summed E-state index contributed by atoms with van der Waals surface area (Å²) in [4.78, 5) is 5.21. The third-order valence-electron chi connectivity index (χ3n) is 3.43. The highest BCUT2D eigenvalue weighted by Gasteiger charge is 2.03. The molecule has 1 aromatic carbocycles. The largest absolute Gasteiger partial charge is 0.371 e. The van der Waals surface area contributed by atoms with Gasteiger partial charge < -0.3 is 10.2 Å². The van der Waals surface area contributed by atoms with Crippen LogP contribution in [0.5, 0.6) is 0 Å². The summed E-state index contributed by atoms with van der Waals surface area (Å²) in [7, 11) is 0. The summed E-state index contributed by atoms with van der Waals surface area (Å²) in [5, 5.41) is 3.53. The van der Waals surface area contributed by atoms with Crippen LogP contribution in [0.2, 0.25) is 0 Å². The molecule has 0 spiro atoms. The fourth-order valence-electron chi connectivity index (χ4n) is 2.23. The average Bonchev–Trinajstić information content (AvgIpc) is 2.86. The van der Waals surface area contributed by atoms with E-state index >= 15 is 0 Å². The topological polar surface area (TPSA) is 15.3 Å². The highest BCUT2D eigenvalue weighted by molar-refractivity contribution is 7.11. The number of benzene rings is 1. The van der Waals surface area contributed by atoms with Crippen molar-refractivity contribution in [1.82, 2.24) is 5.32 Å². The van der Waals surface area contributed by atoms with Crippen molar-refractivity contribution >= 4 is 17.0 Å². The van der Waals surface area contributed by atoms with Crippen LogP contribution < -0.4 is 10.2 Å². The molecule has 2 aromatic rings. The van der Waals surface area contributed by atoms with Gasteiger partial charge in [0.15, 0.2) is 0 Å². The average molecular weight is 288 g/mol. The minimum absolute atomic E-state index is 0.976. The molecule has 0 fully saturated rings. The molecular weight excluding hydrogens is 264 g/mol. The predicted octanol–water partition coefficient (Wildman–Crippen LogP) is 3.98.